The van der Waals surface area contributed by atoms with E-state index in [2.05, 4.69) is 11.8 Å². The summed E-state index contributed by atoms with van der Waals surface area (Å²) in [4.78, 5) is 14.1. The van der Waals surface area contributed by atoms with Crippen LogP contribution in [0.15, 0.2) is 0 Å². The molecule has 0 aromatic rings. The van der Waals surface area contributed by atoms with Crippen molar-refractivity contribution in [3.05, 3.63) is 0 Å². The van der Waals surface area contributed by atoms with Crippen LogP contribution in [-0.4, -0.2) is 36.6 Å². The van der Waals surface area contributed by atoms with Crippen LogP contribution in [0, 0.1) is 5.92 Å². The first-order chi connectivity index (χ1) is 7.77. The third-order valence-corrected chi connectivity index (χ3v) is 4.23. The molecule has 3 nitrogen and oxygen atoms in total. The van der Waals surface area contributed by atoms with Crippen LogP contribution in [0.4, 0.5) is 0 Å². The van der Waals surface area contributed by atoms with Crippen LogP contribution in [-0.2, 0) is 9.53 Å². The molecule has 0 unspecified atom stereocenters. The molecule has 16 heavy (non-hydrogen) atoms. The van der Waals surface area contributed by atoms with Crippen LogP contribution >= 0.6 is 0 Å². The van der Waals surface area contributed by atoms with Crippen molar-refractivity contribution >= 4 is 5.97 Å². The molecule has 2 heterocycles. The smallest absolute Gasteiger partial charge is 0.323 e. The Morgan fingerprint density at radius 2 is 2.19 bits per heavy atom. The van der Waals surface area contributed by atoms with Gasteiger partial charge in [-0.2, -0.15) is 0 Å². The van der Waals surface area contributed by atoms with Crippen molar-refractivity contribution < 1.29 is 9.53 Å². The molecular formula is C13H23NO2. The fraction of sp³-hybridized carbons (Fsp3) is 0.923. The first-order valence-electron chi connectivity index (χ1n) is 6.61. The van der Waals surface area contributed by atoms with Crippen molar-refractivity contribution in [2.45, 2.75) is 57.5 Å². The second-order valence-electron chi connectivity index (χ2n) is 5.11. The summed E-state index contributed by atoms with van der Waals surface area (Å²) in [7, 11) is 1.51. The van der Waals surface area contributed by atoms with Gasteiger partial charge in [0, 0.05) is 6.04 Å². The number of hydrogen-bond acceptors (Lipinski definition) is 3. The van der Waals surface area contributed by atoms with Gasteiger partial charge in [0.2, 0.25) is 0 Å². The third-order valence-electron chi connectivity index (χ3n) is 4.23. The Morgan fingerprint density at radius 1 is 1.38 bits per heavy atom. The molecule has 2 fully saturated rings. The van der Waals surface area contributed by atoms with Gasteiger partial charge in [0.25, 0.3) is 0 Å². The predicted molar refractivity (Wildman–Crippen MR) is 63.2 cm³/mol. The van der Waals surface area contributed by atoms with E-state index in [0.717, 1.165) is 18.9 Å². The monoisotopic (exact) mass is 225 g/mol. The van der Waals surface area contributed by atoms with E-state index in [9.17, 15) is 4.79 Å². The van der Waals surface area contributed by atoms with E-state index >= 15 is 0 Å². The molecular weight excluding hydrogens is 202 g/mol. The van der Waals surface area contributed by atoms with E-state index in [1.165, 1.54) is 39.2 Å². The summed E-state index contributed by atoms with van der Waals surface area (Å²) in [5, 5.41) is 0. The second-order valence-corrected chi connectivity index (χ2v) is 5.11. The molecule has 0 spiro atoms. The quantitative estimate of drug-likeness (QED) is 0.690. The zero-order valence-electron chi connectivity index (χ0n) is 10.4. The molecule has 0 amide bonds. The number of hydrogen-bond donors (Lipinski definition) is 0. The number of nitrogens with zero attached hydrogens (tertiary/aromatic N) is 1. The summed E-state index contributed by atoms with van der Waals surface area (Å²) in [6.07, 6.45) is 7.30. The second kappa shape index (κ2) is 5.17. The molecule has 0 bridgehead atoms. The summed E-state index contributed by atoms with van der Waals surface area (Å²) in [5.41, 5.74) is 0. The van der Waals surface area contributed by atoms with Crippen molar-refractivity contribution in [3.63, 3.8) is 0 Å². The van der Waals surface area contributed by atoms with Gasteiger partial charge in [0.1, 0.15) is 6.04 Å². The van der Waals surface area contributed by atoms with Crippen LogP contribution in [0.5, 0.6) is 0 Å². The molecule has 3 heteroatoms. The molecule has 0 aromatic carbocycles. The number of fused-ring (bicyclic) bond motifs is 1. The molecule has 2 aliphatic rings. The molecule has 3 atom stereocenters. The maximum Gasteiger partial charge on any atom is 0.323 e. The molecule has 2 rings (SSSR count). The van der Waals surface area contributed by atoms with E-state index in [1.807, 2.05) is 0 Å². The highest BCUT2D eigenvalue weighted by atomic mass is 16.5. The van der Waals surface area contributed by atoms with Gasteiger partial charge < -0.3 is 4.74 Å². The lowest BCUT2D eigenvalue weighted by Gasteiger charge is -2.41. The maximum atomic E-state index is 11.7. The van der Waals surface area contributed by atoms with Gasteiger partial charge in [0.05, 0.1) is 7.11 Å². The SMILES string of the molecule is CCC[C@@H]1CC[C@@H](C(=O)OC)N2CCC[C@@H]12. The van der Waals surface area contributed by atoms with E-state index in [4.69, 9.17) is 4.74 Å². The Hall–Kier alpha value is -0.570. The van der Waals surface area contributed by atoms with E-state index in [-0.39, 0.29) is 12.0 Å². The van der Waals surface area contributed by atoms with Crippen molar-refractivity contribution in [1.29, 1.82) is 0 Å². The van der Waals surface area contributed by atoms with Crippen LogP contribution in [0.3, 0.4) is 0 Å². The zero-order valence-corrected chi connectivity index (χ0v) is 10.4. The van der Waals surface area contributed by atoms with Crippen LogP contribution in [0.2, 0.25) is 0 Å². The molecule has 0 saturated carbocycles. The number of rotatable bonds is 3. The molecule has 2 saturated heterocycles. The molecule has 0 aromatic heterocycles. The summed E-state index contributed by atoms with van der Waals surface area (Å²) in [6.45, 7) is 3.34. The minimum atomic E-state index is -0.0261. The summed E-state index contributed by atoms with van der Waals surface area (Å²) in [6, 6.07) is 0.698. The Balaban J connectivity index is 2.05. The van der Waals surface area contributed by atoms with Crippen LogP contribution in [0.1, 0.15) is 45.4 Å². The van der Waals surface area contributed by atoms with Gasteiger partial charge in [-0.15, -0.1) is 0 Å². The van der Waals surface area contributed by atoms with Gasteiger partial charge in [-0.25, -0.2) is 0 Å². The van der Waals surface area contributed by atoms with Gasteiger partial charge in [-0.3, -0.25) is 9.69 Å². The van der Waals surface area contributed by atoms with Crippen molar-refractivity contribution in [1.82, 2.24) is 4.90 Å². The number of carbonyl (C=O) groups excluding carboxylic acids is 1. The van der Waals surface area contributed by atoms with Crippen molar-refractivity contribution in [2.24, 2.45) is 5.92 Å². The lowest BCUT2D eigenvalue weighted by atomic mass is 9.83. The van der Waals surface area contributed by atoms with Gasteiger partial charge in [-0.1, -0.05) is 13.3 Å². The lowest BCUT2D eigenvalue weighted by Crippen LogP contribution is -2.51. The largest absolute Gasteiger partial charge is 0.468 e. The number of esters is 1. The molecule has 0 radical (unpaired) electrons. The van der Waals surface area contributed by atoms with Crippen molar-refractivity contribution in [3.8, 4) is 0 Å². The molecule has 2 aliphatic heterocycles. The number of piperidine rings is 1. The Labute approximate surface area is 98.1 Å². The average Bonchev–Trinajstić information content (AvgIpc) is 2.78. The highest BCUT2D eigenvalue weighted by Gasteiger charge is 2.42. The van der Waals surface area contributed by atoms with Gasteiger partial charge >= 0.3 is 5.97 Å². The van der Waals surface area contributed by atoms with E-state index in [0.29, 0.717) is 6.04 Å². The fourth-order valence-corrected chi connectivity index (χ4v) is 3.54. The first-order valence-corrected chi connectivity index (χ1v) is 6.61. The number of methoxy groups -OCH3 is 1. The predicted octanol–water partition coefficient (Wildman–Crippen LogP) is 2.20. The van der Waals surface area contributed by atoms with Gasteiger partial charge in [-0.05, 0) is 44.6 Å². The summed E-state index contributed by atoms with van der Waals surface area (Å²) < 4.78 is 4.91. The minimum Gasteiger partial charge on any atom is -0.468 e. The summed E-state index contributed by atoms with van der Waals surface area (Å²) in [5.74, 6) is 0.787. The highest BCUT2D eigenvalue weighted by Crippen LogP contribution is 2.37. The standard InChI is InChI=1S/C13H23NO2/c1-3-5-10-7-8-12(13(15)16-2)14-9-4-6-11(10)14/h10-12H,3-9H2,1-2H3/t10-,11+,12+/m1/s1. The van der Waals surface area contributed by atoms with E-state index < -0.39 is 0 Å². The average molecular weight is 225 g/mol. The third kappa shape index (κ3) is 2.10. The summed E-state index contributed by atoms with van der Waals surface area (Å²) >= 11 is 0. The Morgan fingerprint density at radius 3 is 2.88 bits per heavy atom. The van der Waals surface area contributed by atoms with Gasteiger partial charge in [0.15, 0.2) is 0 Å². The van der Waals surface area contributed by atoms with Crippen molar-refractivity contribution in [2.75, 3.05) is 13.7 Å². The molecule has 0 N–H and O–H groups in total. The first kappa shape index (κ1) is 11.9. The number of carbonyl (C=O) groups is 1. The van der Waals surface area contributed by atoms with Crippen LogP contribution < -0.4 is 0 Å². The zero-order chi connectivity index (χ0) is 11.5. The van der Waals surface area contributed by atoms with E-state index in [1.54, 1.807) is 0 Å². The maximum absolute atomic E-state index is 11.7. The number of ether oxygens (including phenoxy) is 1. The Bertz CT molecular complexity index is 254. The van der Waals surface area contributed by atoms with Crippen LogP contribution in [0.25, 0.3) is 0 Å². The molecule has 92 valence electrons. The topological polar surface area (TPSA) is 29.5 Å². The normalized spacial score (nSPS) is 34.8. The lowest BCUT2D eigenvalue weighted by molar-refractivity contribution is -0.150. The fourth-order valence-electron chi connectivity index (χ4n) is 3.54. The highest BCUT2D eigenvalue weighted by molar-refractivity contribution is 5.75. The minimum absolute atomic E-state index is 0.0261. The Kier molecular flexibility index (Phi) is 3.85. The molecule has 0 aliphatic carbocycles.